The molecule has 0 saturated carbocycles. The highest BCUT2D eigenvalue weighted by Gasteiger charge is 2.66. The van der Waals surface area contributed by atoms with Crippen LogP contribution in [-0.4, -0.2) is 113 Å². The SMILES string of the molecule is COc1ccc([Si](C)(C)[C@@H]2[C@@H](CC(=O)N3Cc4ccccc4C[C@H]3CO)O[C@]3(C(=O)N(Cc4ccc(NC(=O)[C@H]5O[C@@H](O)[C@H](O)[C@@H](O)[C@@H]5O)cc4)c4ccc(Br)cc43)[C@H]2C)cc1. The van der Waals surface area contributed by atoms with Crippen molar-refractivity contribution in [1.82, 2.24) is 4.90 Å². The van der Waals surface area contributed by atoms with Gasteiger partial charge in [0, 0.05) is 28.2 Å². The zero-order valence-corrected chi connectivity index (χ0v) is 37.4. The standard InChI is InChI=1S/C46H52BrN3O11Si/c1-25-42(62(3,4)33-16-14-32(59-2)15-17-33)36(21-37(52)49-23-28-8-6-5-7-27(28)19-31(49)24-51)61-46(25)34-20-29(47)11-18-35(34)50(45(46)58)22-26-9-12-30(13-10-26)48-43(56)41-39(54)38(53)40(55)44(57)60-41/h5-18,20,25,31,36,38-42,44,51,53-55,57H,19,21-24H2,1-4H3,(H,48,56)/t25-,31-,36+,38-,39-,40+,41-,42-,44+,46+/m0/s1. The van der Waals surface area contributed by atoms with Gasteiger partial charge in [-0.1, -0.05) is 89.7 Å². The van der Waals surface area contributed by atoms with Gasteiger partial charge in [-0.25, -0.2) is 0 Å². The number of nitrogens with zero attached hydrogens (tertiary/aromatic N) is 2. The fraction of sp³-hybridized carbons (Fsp3) is 0.413. The zero-order chi connectivity index (χ0) is 44.2. The Balaban J connectivity index is 1.10. The molecule has 0 unspecified atom stereocenters. The molecule has 3 amide bonds. The summed E-state index contributed by atoms with van der Waals surface area (Å²) in [6.07, 6.45) is -8.93. The van der Waals surface area contributed by atoms with Crippen LogP contribution in [0.3, 0.4) is 0 Å². The molecular formula is C46H52BrN3O11Si. The first-order valence-corrected chi connectivity index (χ1v) is 24.6. The highest BCUT2D eigenvalue weighted by molar-refractivity contribution is 9.10. The van der Waals surface area contributed by atoms with Crippen molar-refractivity contribution in [3.8, 4) is 5.75 Å². The van der Waals surface area contributed by atoms with Crippen molar-refractivity contribution in [3.05, 3.63) is 118 Å². The molecule has 0 aromatic heterocycles. The highest BCUT2D eigenvalue weighted by atomic mass is 79.9. The van der Waals surface area contributed by atoms with Gasteiger partial charge in [0.15, 0.2) is 18.0 Å². The molecule has 0 radical (unpaired) electrons. The van der Waals surface area contributed by atoms with E-state index in [9.17, 15) is 35.1 Å². The molecule has 2 saturated heterocycles. The maximum Gasteiger partial charge on any atom is 0.264 e. The van der Waals surface area contributed by atoms with Crippen molar-refractivity contribution in [2.24, 2.45) is 5.92 Å². The van der Waals surface area contributed by atoms with Crippen LogP contribution in [0.5, 0.6) is 5.75 Å². The molecule has 1 spiro atoms. The van der Waals surface area contributed by atoms with Gasteiger partial charge in [-0.3, -0.25) is 14.4 Å². The van der Waals surface area contributed by atoms with Crippen molar-refractivity contribution < 1.29 is 54.1 Å². The van der Waals surface area contributed by atoms with Crippen molar-refractivity contribution in [1.29, 1.82) is 0 Å². The summed E-state index contributed by atoms with van der Waals surface area (Å²) in [7, 11) is -0.967. The zero-order valence-electron chi connectivity index (χ0n) is 34.8. The van der Waals surface area contributed by atoms with Crippen LogP contribution in [0.15, 0.2) is 95.5 Å². The lowest BCUT2D eigenvalue weighted by Gasteiger charge is -2.39. The first-order chi connectivity index (χ1) is 29.6. The monoisotopic (exact) mass is 929 g/mol. The maximum atomic E-state index is 15.4. The minimum Gasteiger partial charge on any atom is -0.497 e. The third-order valence-corrected chi connectivity index (χ3v) is 18.3. The number of anilines is 2. The molecule has 0 bridgehead atoms. The van der Waals surface area contributed by atoms with E-state index in [1.807, 2.05) is 54.6 Å². The lowest BCUT2D eigenvalue weighted by molar-refractivity contribution is -0.274. The second-order valence-electron chi connectivity index (χ2n) is 17.3. The Labute approximate surface area is 369 Å². The second kappa shape index (κ2) is 17.2. The summed E-state index contributed by atoms with van der Waals surface area (Å²) >= 11 is 3.66. The maximum absolute atomic E-state index is 15.4. The van der Waals surface area contributed by atoms with Crippen LogP contribution in [0.1, 0.15) is 35.6 Å². The van der Waals surface area contributed by atoms with E-state index < -0.39 is 62.4 Å². The molecule has 6 N–H and O–H groups in total. The Morgan fingerprint density at radius 3 is 2.31 bits per heavy atom. The topological polar surface area (TPSA) is 199 Å². The molecule has 0 aliphatic carbocycles. The Kier molecular flexibility index (Phi) is 12.3. The molecule has 4 aliphatic heterocycles. The largest absolute Gasteiger partial charge is 0.497 e. The Morgan fingerprint density at radius 1 is 0.935 bits per heavy atom. The summed E-state index contributed by atoms with van der Waals surface area (Å²) in [5.74, 6) is -0.877. The van der Waals surface area contributed by atoms with Crippen LogP contribution in [0.2, 0.25) is 18.6 Å². The number of rotatable bonds is 10. The van der Waals surface area contributed by atoms with Gasteiger partial charge in [0.05, 0.1) is 52.6 Å². The molecular weight excluding hydrogens is 879 g/mol. The summed E-state index contributed by atoms with van der Waals surface area (Å²) in [4.78, 5) is 46.5. The van der Waals surface area contributed by atoms with Crippen molar-refractivity contribution >= 4 is 58.3 Å². The number of ether oxygens (including phenoxy) is 3. The summed E-state index contributed by atoms with van der Waals surface area (Å²) in [5, 5.41) is 54.3. The van der Waals surface area contributed by atoms with Gasteiger partial charge in [0.25, 0.3) is 11.8 Å². The van der Waals surface area contributed by atoms with E-state index in [1.165, 1.54) is 0 Å². The number of methoxy groups -OCH3 is 1. The number of carbonyl (C=O) groups is 3. The van der Waals surface area contributed by atoms with E-state index in [1.54, 1.807) is 41.2 Å². The molecule has 4 aliphatic rings. The number of carbonyl (C=O) groups excluding carboxylic acids is 3. The number of benzene rings is 4. The molecule has 2 fully saturated rings. The Hall–Kier alpha value is -4.49. The third kappa shape index (κ3) is 7.68. The van der Waals surface area contributed by atoms with Crippen molar-refractivity contribution in [2.45, 2.75) is 99.9 Å². The fourth-order valence-corrected chi connectivity index (χ4v) is 14.5. The summed E-state index contributed by atoms with van der Waals surface area (Å²) in [6.45, 7) is 6.93. The number of hydrogen-bond donors (Lipinski definition) is 6. The fourth-order valence-electron chi connectivity index (χ4n) is 10.1. The quantitative estimate of drug-likeness (QED) is 0.128. The summed E-state index contributed by atoms with van der Waals surface area (Å²) in [6, 6.07) is 28.1. The van der Waals surface area contributed by atoms with Gasteiger partial charge < -0.3 is 54.9 Å². The van der Waals surface area contributed by atoms with Crippen LogP contribution >= 0.6 is 15.9 Å². The van der Waals surface area contributed by atoms with E-state index in [0.717, 1.165) is 32.1 Å². The molecule has 4 aromatic rings. The van der Waals surface area contributed by atoms with E-state index in [0.29, 0.717) is 29.9 Å². The minimum absolute atomic E-state index is 0.0211. The molecule has 62 heavy (non-hydrogen) atoms. The Bertz CT molecular complexity index is 2330. The van der Waals surface area contributed by atoms with Crippen molar-refractivity contribution in [2.75, 3.05) is 23.9 Å². The number of aliphatic hydroxyl groups is 5. The number of fused-ring (bicyclic) bond motifs is 3. The van der Waals surface area contributed by atoms with Gasteiger partial charge in [-0.15, -0.1) is 0 Å². The molecule has 4 aromatic carbocycles. The predicted molar refractivity (Wildman–Crippen MR) is 235 cm³/mol. The number of amides is 3. The first kappa shape index (κ1) is 44.1. The van der Waals surface area contributed by atoms with Gasteiger partial charge >= 0.3 is 0 Å². The minimum atomic E-state index is -2.59. The Morgan fingerprint density at radius 2 is 1.63 bits per heavy atom. The normalized spacial score (nSPS) is 29.4. The van der Waals surface area contributed by atoms with Gasteiger partial charge in [-0.2, -0.15) is 0 Å². The molecule has 328 valence electrons. The molecule has 14 nitrogen and oxygen atoms in total. The highest BCUT2D eigenvalue weighted by Crippen LogP contribution is 2.60. The molecule has 4 heterocycles. The average molecular weight is 931 g/mol. The number of nitrogens with one attached hydrogen (secondary N) is 1. The van der Waals surface area contributed by atoms with Gasteiger partial charge in [0.2, 0.25) is 5.91 Å². The molecule has 16 heteroatoms. The van der Waals surface area contributed by atoms with Gasteiger partial charge in [-0.05, 0) is 71.1 Å². The van der Waals surface area contributed by atoms with Crippen molar-refractivity contribution in [3.63, 3.8) is 0 Å². The van der Waals surface area contributed by atoms with E-state index in [2.05, 4.69) is 53.4 Å². The third-order valence-electron chi connectivity index (χ3n) is 13.5. The average Bonchev–Trinajstić information content (AvgIpc) is 3.69. The first-order valence-electron chi connectivity index (χ1n) is 20.8. The molecule has 10 atom stereocenters. The van der Waals surface area contributed by atoms with Gasteiger partial charge in [0.1, 0.15) is 24.1 Å². The lowest BCUT2D eigenvalue weighted by Crippen LogP contribution is -2.60. The summed E-state index contributed by atoms with van der Waals surface area (Å²) < 4.78 is 18.6. The summed E-state index contributed by atoms with van der Waals surface area (Å²) in [5.41, 5.74) is 2.94. The smallest absolute Gasteiger partial charge is 0.264 e. The number of halogens is 1. The lowest BCUT2D eigenvalue weighted by atomic mass is 9.82. The van der Waals surface area contributed by atoms with Crippen LogP contribution < -0.4 is 20.1 Å². The predicted octanol–water partition coefficient (Wildman–Crippen LogP) is 3.29. The number of aliphatic hydroxyl groups excluding tert-OH is 5. The van der Waals surface area contributed by atoms with Crippen LogP contribution in [-0.2, 0) is 49.0 Å². The van der Waals surface area contributed by atoms with E-state index in [4.69, 9.17) is 14.2 Å². The number of hydrogen-bond acceptors (Lipinski definition) is 11. The van der Waals surface area contributed by atoms with Crippen LogP contribution in [0, 0.1) is 5.92 Å². The molecule has 8 rings (SSSR count). The van der Waals surface area contributed by atoms with E-state index in [-0.39, 0.29) is 42.8 Å². The second-order valence-corrected chi connectivity index (χ2v) is 23.0. The van der Waals surface area contributed by atoms with E-state index >= 15 is 4.79 Å². The van der Waals surface area contributed by atoms with Crippen LogP contribution in [0.4, 0.5) is 11.4 Å². The van der Waals surface area contributed by atoms with Crippen LogP contribution in [0.25, 0.3) is 0 Å².